The van der Waals surface area contributed by atoms with Crippen molar-refractivity contribution in [2.45, 2.75) is 12.8 Å². The van der Waals surface area contributed by atoms with Crippen LogP contribution in [-0.2, 0) is 4.79 Å². The van der Waals surface area contributed by atoms with E-state index in [1.165, 1.54) is 11.3 Å². The van der Waals surface area contributed by atoms with Crippen molar-refractivity contribution in [3.63, 3.8) is 0 Å². The molecule has 5 rings (SSSR count). The standard InChI is InChI=1S/C25H23N3O3S/c1-31-18-11-12-21-22(14-18)32-25(26-21)27-23(29)17-8-5-13-28(15-17)24(30)20-10-4-7-16-6-2-3-9-19(16)20/h2-4,6-7,9-12,14,17H,5,8,13,15H2,1H3,(H,26,27,29). The van der Waals surface area contributed by atoms with Gasteiger partial charge in [0.25, 0.3) is 5.91 Å². The van der Waals surface area contributed by atoms with Gasteiger partial charge in [-0.15, -0.1) is 0 Å². The number of benzene rings is 3. The third kappa shape index (κ3) is 3.91. The molecule has 4 aromatic rings. The van der Waals surface area contributed by atoms with E-state index in [1.807, 2.05) is 60.7 Å². The number of piperidine rings is 1. The van der Waals surface area contributed by atoms with E-state index < -0.39 is 0 Å². The normalized spacial score (nSPS) is 16.3. The second kappa shape index (κ2) is 8.59. The Bertz CT molecular complexity index is 1310. The summed E-state index contributed by atoms with van der Waals surface area (Å²) in [6.45, 7) is 1.07. The molecule has 0 bridgehead atoms. The van der Waals surface area contributed by atoms with Gasteiger partial charge in [0.05, 0.1) is 23.2 Å². The van der Waals surface area contributed by atoms with Crippen LogP contribution in [0, 0.1) is 5.92 Å². The van der Waals surface area contributed by atoms with Crippen LogP contribution in [0.25, 0.3) is 21.0 Å². The molecule has 1 unspecified atom stereocenters. The highest BCUT2D eigenvalue weighted by molar-refractivity contribution is 7.22. The summed E-state index contributed by atoms with van der Waals surface area (Å²) in [4.78, 5) is 32.6. The number of ether oxygens (including phenoxy) is 1. The average molecular weight is 446 g/mol. The van der Waals surface area contributed by atoms with Crippen LogP contribution in [0.2, 0.25) is 0 Å². The molecule has 0 aliphatic carbocycles. The van der Waals surface area contributed by atoms with Crippen molar-refractivity contribution in [2.75, 3.05) is 25.5 Å². The first-order valence-corrected chi connectivity index (χ1v) is 11.5. The zero-order valence-corrected chi connectivity index (χ0v) is 18.5. The van der Waals surface area contributed by atoms with Crippen LogP contribution in [0.5, 0.6) is 5.75 Å². The van der Waals surface area contributed by atoms with Crippen LogP contribution < -0.4 is 10.1 Å². The SMILES string of the molecule is COc1ccc2nc(NC(=O)C3CCCN(C(=O)c4cccc5ccccc45)C3)sc2c1. The van der Waals surface area contributed by atoms with Gasteiger partial charge in [0, 0.05) is 18.7 Å². The van der Waals surface area contributed by atoms with E-state index in [1.54, 1.807) is 12.0 Å². The number of nitrogens with one attached hydrogen (secondary N) is 1. The highest BCUT2D eigenvalue weighted by Gasteiger charge is 2.30. The number of aromatic nitrogens is 1. The van der Waals surface area contributed by atoms with Crippen LogP contribution in [-0.4, -0.2) is 41.9 Å². The Labute approximate surface area is 189 Å². The van der Waals surface area contributed by atoms with Crippen LogP contribution in [0.3, 0.4) is 0 Å². The van der Waals surface area contributed by atoms with Crippen molar-refractivity contribution < 1.29 is 14.3 Å². The number of methoxy groups -OCH3 is 1. The average Bonchev–Trinajstić information content (AvgIpc) is 3.24. The molecule has 2 amide bonds. The van der Waals surface area contributed by atoms with Crippen LogP contribution >= 0.6 is 11.3 Å². The number of amides is 2. The molecule has 1 atom stereocenters. The van der Waals surface area contributed by atoms with Gasteiger partial charge in [0.1, 0.15) is 5.75 Å². The summed E-state index contributed by atoms with van der Waals surface area (Å²) in [5.41, 5.74) is 1.51. The summed E-state index contributed by atoms with van der Waals surface area (Å²) in [6.07, 6.45) is 1.55. The molecule has 1 N–H and O–H groups in total. The minimum Gasteiger partial charge on any atom is -0.497 e. The smallest absolute Gasteiger partial charge is 0.254 e. The van der Waals surface area contributed by atoms with Gasteiger partial charge in [0.2, 0.25) is 5.91 Å². The molecule has 0 radical (unpaired) electrons. The number of likely N-dealkylation sites (tertiary alicyclic amines) is 1. The molecular weight excluding hydrogens is 422 g/mol. The van der Waals surface area contributed by atoms with E-state index in [0.29, 0.717) is 23.8 Å². The molecule has 6 nitrogen and oxygen atoms in total. The van der Waals surface area contributed by atoms with Gasteiger partial charge in [-0.2, -0.15) is 0 Å². The predicted molar refractivity (Wildman–Crippen MR) is 127 cm³/mol. The number of anilines is 1. The molecule has 1 aliphatic rings. The fourth-order valence-electron chi connectivity index (χ4n) is 4.25. The summed E-state index contributed by atoms with van der Waals surface area (Å²) in [5.74, 6) is 0.385. The first-order chi connectivity index (χ1) is 15.6. The Morgan fingerprint density at radius 3 is 2.84 bits per heavy atom. The Morgan fingerprint density at radius 2 is 1.97 bits per heavy atom. The Hall–Kier alpha value is -3.45. The van der Waals surface area contributed by atoms with Gasteiger partial charge >= 0.3 is 0 Å². The fraction of sp³-hybridized carbons (Fsp3) is 0.240. The second-order valence-electron chi connectivity index (χ2n) is 7.96. The maximum absolute atomic E-state index is 13.3. The molecule has 0 spiro atoms. The van der Waals surface area contributed by atoms with Gasteiger partial charge in [-0.3, -0.25) is 9.59 Å². The van der Waals surface area contributed by atoms with Gasteiger partial charge in [0.15, 0.2) is 5.13 Å². The lowest BCUT2D eigenvalue weighted by molar-refractivity contribution is -0.121. The van der Waals surface area contributed by atoms with E-state index in [0.717, 1.165) is 39.6 Å². The topological polar surface area (TPSA) is 71.5 Å². The van der Waals surface area contributed by atoms with Gasteiger partial charge in [-0.05, 0) is 47.9 Å². The predicted octanol–water partition coefficient (Wildman–Crippen LogP) is 4.95. The van der Waals surface area contributed by atoms with E-state index in [-0.39, 0.29) is 17.7 Å². The number of nitrogens with zero attached hydrogens (tertiary/aromatic N) is 2. The summed E-state index contributed by atoms with van der Waals surface area (Å²) in [6, 6.07) is 19.3. The van der Waals surface area contributed by atoms with Crippen LogP contribution in [0.1, 0.15) is 23.2 Å². The van der Waals surface area contributed by atoms with E-state index in [2.05, 4.69) is 10.3 Å². The molecule has 162 valence electrons. The molecule has 1 fully saturated rings. The first-order valence-electron chi connectivity index (χ1n) is 10.6. The number of rotatable bonds is 4. The third-order valence-electron chi connectivity index (χ3n) is 5.93. The van der Waals surface area contributed by atoms with Crippen molar-refractivity contribution >= 4 is 49.3 Å². The molecule has 0 saturated carbocycles. The van der Waals surface area contributed by atoms with Crippen molar-refractivity contribution in [1.82, 2.24) is 9.88 Å². The number of carbonyl (C=O) groups excluding carboxylic acids is 2. The van der Waals surface area contributed by atoms with Crippen molar-refractivity contribution in [3.8, 4) is 5.75 Å². The molecular formula is C25H23N3O3S. The first kappa shape index (κ1) is 20.5. The highest BCUT2D eigenvalue weighted by Crippen LogP contribution is 2.30. The highest BCUT2D eigenvalue weighted by atomic mass is 32.1. The second-order valence-corrected chi connectivity index (χ2v) is 8.99. The summed E-state index contributed by atoms with van der Waals surface area (Å²) >= 11 is 1.42. The lowest BCUT2D eigenvalue weighted by atomic mass is 9.95. The molecule has 3 aromatic carbocycles. The molecule has 7 heteroatoms. The van der Waals surface area contributed by atoms with E-state index in [4.69, 9.17) is 4.74 Å². The monoisotopic (exact) mass is 445 g/mol. The lowest BCUT2D eigenvalue weighted by Gasteiger charge is -2.32. The Kier molecular flexibility index (Phi) is 5.49. The van der Waals surface area contributed by atoms with Crippen molar-refractivity contribution in [2.24, 2.45) is 5.92 Å². The van der Waals surface area contributed by atoms with Gasteiger partial charge in [-0.1, -0.05) is 47.7 Å². The van der Waals surface area contributed by atoms with E-state index >= 15 is 0 Å². The zero-order chi connectivity index (χ0) is 22.1. The lowest BCUT2D eigenvalue weighted by Crippen LogP contribution is -2.43. The largest absolute Gasteiger partial charge is 0.497 e. The number of fused-ring (bicyclic) bond motifs is 2. The van der Waals surface area contributed by atoms with Crippen LogP contribution in [0.4, 0.5) is 5.13 Å². The summed E-state index contributed by atoms with van der Waals surface area (Å²) in [7, 11) is 1.62. The molecule has 1 aromatic heterocycles. The third-order valence-corrected chi connectivity index (χ3v) is 6.86. The molecule has 1 saturated heterocycles. The van der Waals surface area contributed by atoms with Crippen molar-refractivity contribution in [1.29, 1.82) is 0 Å². The Balaban J connectivity index is 1.31. The molecule has 1 aliphatic heterocycles. The Morgan fingerprint density at radius 1 is 1.12 bits per heavy atom. The van der Waals surface area contributed by atoms with Gasteiger partial charge in [-0.25, -0.2) is 4.98 Å². The number of thiazole rings is 1. The maximum Gasteiger partial charge on any atom is 0.254 e. The number of carbonyl (C=O) groups is 2. The van der Waals surface area contributed by atoms with Crippen LogP contribution in [0.15, 0.2) is 60.7 Å². The maximum atomic E-state index is 13.3. The minimum atomic E-state index is -0.260. The quantitative estimate of drug-likeness (QED) is 0.483. The number of hydrogen-bond acceptors (Lipinski definition) is 5. The number of hydrogen-bond donors (Lipinski definition) is 1. The minimum absolute atomic E-state index is 0.0219. The zero-order valence-electron chi connectivity index (χ0n) is 17.7. The fourth-order valence-corrected chi connectivity index (χ4v) is 5.15. The van der Waals surface area contributed by atoms with E-state index in [9.17, 15) is 9.59 Å². The molecule has 2 heterocycles. The van der Waals surface area contributed by atoms with Crippen molar-refractivity contribution in [3.05, 3.63) is 66.2 Å². The summed E-state index contributed by atoms with van der Waals surface area (Å²) < 4.78 is 6.21. The van der Waals surface area contributed by atoms with Gasteiger partial charge < -0.3 is 15.0 Å². The summed E-state index contributed by atoms with van der Waals surface area (Å²) in [5, 5.41) is 5.50. The molecule has 32 heavy (non-hydrogen) atoms.